The summed E-state index contributed by atoms with van der Waals surface area (Å²) in [5, 5.41) is 1.74. The van der Waals surface area contributed by atoms with E-state index in [1.807, 2.05) is 23.1 Å². The maximum absolute atomic E-state index is 12.9. The normalized spacial score (nSPS) is 16.2. The molecule has 0 bridgehead atoms. The van der Waals surface area contributed by atoms with Gasteiger partial charge in [-0.3, -0.25) is 9.69 Å². The second-order valence-electron chi connectivity index (χ2n) is 10.6. The number of benzene rings is 2. The van der Waals surface area contributed by atoms with Gasteiger partial charge < -0.3 is 14.4 Å². The van der Waals surface area contributed by atoms with Crippen LogP contribution >= 0.6 is 22.9 Å². The molecule has 2 aromatic heterocycles. The van der Waals surface area contributed by atoms with Gasteiger partial charge in [-0.15, -0.1) is 11.3 Å². The molecule has 0 atom stereocenters. The SMILES string of the molecule is COc1ccc(-c2c(Cl)c(CN3CCCCCC3=O)nc3sc4c(c23)CCN(Cc2ccccc2)C4)cc1OC. The maximum Gasteiger partial charge on any atom is 0.222 e. The van der Waals surface area contributed by atoms with Crippen molar-refractivity contribution >= 4 is 39.1 Å². The predicted molar refractivity (Wildman–Crippen MR) is 161 cm³/mol. The Morgan fingerprint density at radius 1 is 0.950 bits per heavy atom. The third kappa shape index (κ3) is 5.30. The lowest BCUT2D eigenvalue weighted by atomic mass is 9.95. The summed E-state index contributed by atoms with van der Waals surface area (Å²) < 4.78 is 11.2. The Morgan fingerprint density at radius 3 is 2.58 bits per heavy atom. The van der Waals surface area contributed by atoms with Crippen molar-refractivity contribution < 1.29 is 14.3 Å². The van der Waals surface area contributed by atoms with Crippen LogP contribution in [0.4, 0.5) is 0 Å². The summed E-state index contributed by atoms with van der Waals surface area (Å²) in [6, 6.07) is 16.6. The topological polar surface area (TPSA) is 54.9 Å². The number of carbonyl (C=O) groups is 1. The monoisotopic (exact) mass is 575 g/mol. The van der Waals surface area contributed by atoms with E-state index in [1.54, 1.807) is 25.6 Å². The fourth-order valence-corrected chi connectivity index (χ4v) is 7.53. The number of aromatic nitrogens is 1. The molecule has 8 heteroatoms. The van der Waals surface area contributed by atoms with E-state index < -0.39 is 0 Å². The Bertz CT molecular complexity index is 1540. The number of carbonyl (C=O) groups excluding carboxylic acids is 1. The van der Waals surface area contributed by atoms with Gasteiger partial charge in [0.1, 0.15) is 4.83 Å². The molecule has 0 spiro atoms. The van der Waals surface area contributed by atoms with Crippen LogP contribution in [0.5, 0.6) is 11.5 Å². The lowest BCUT2D eigenvalue weighted by Crippen LogP contribution is -2.30. The Kier molecular flexibility index (Phi) is 7.96. The molecule has 0 N–H and O–H groups in total. The molecule has 1 fully saturated rings. The van der Waals surface area contributed by atoms with Gasteiger partial charge in [0.15, 0.2) is 11.5 Å². The largest absolute Gasteiger partial charge is 0.493 e. The Morgan fingerprint density at radius 2 is 1.77 bits per heavy atom. The average molecular weight is 576 g/mol. The smallest absolute Gasteiger partial charge is 0.222 e. The highest BCUT2D eigenvalue weighted by molar-refractivity contribution is 7.19. The fraction of sp³-hybridized carbons (Fsp3) is 0.375. The minimum atomic E-state index is 0.185. The first-order valence-electron chi connectivity index (χ1n) is 13.9. The first-order valence-corrected chi connectivity index (χ1v) is 15.1. The summed E-state index contributed by atoms with van der Waals surface area (Å²) in [6.45, 7) is 3.95. The summed E-state index contributed by atoms with van der Waals surface area (Å²) >= 11 is 9.02. The molecule has 208 valence electrons. The van der Waals surface area contributed by atoms with E-state index >= 15 is 0 Å². The van der Waals surface area contributed by atoms with E-state index in [0.717, 1.165) is 78.9 Å². The number of nitrogens with zero attached hydrogens (tertiary/aromatic N) is 3. The van der Waals surface area contributed by atoms with Gasteiger partial charge in [0.05, 0.1) is 31.5 Å². The number of methoxy groups -OCH3 is 2. The van der Waals surface area contributed by atoms with Crippen LogP contribution in [-0.4, -0.2) is 48.0 Å². The van der Waals surface area contributed by atoms with Crippen molar-refractivity contribution in [3.8, 4) is 22.6 Å². The van der Waals surface area contributed by atoms with Gasteiger partial charge in [-0.25, -0.2) is 4.98 Å². The minimum absolute atomic E-state index is 0.185. The van der Waals surface area contributed by atoms with E-state index in [1.165, 1.54) is 16.0 Å². The van der Waals surface area contributed by atoms with E-state index in [2.05, 4.69) is 35.2 Å². The summed E-state index contributed by atoms with van der Waals surface area (Å²) in [7, 11) is 3.29. The average Bonchev–Trinajstić information content (AvgIpc) is 3.20. The van der Waals surface area contributed by atoms with Gasteiger partial charge in [0, 0.05) is 48.4 Å². The van der Waals surface area contributed by atoms with E-state index in [4.69, 9.17) is 26.1 Å². The maximum atomic E-state index is 12.9. The Labute approximate surface area is 244 Å². The second kappa shape index (κ2) is 11.8. The van der Waals surface area contributed by atoms with Gasteiger partial charge in [0.25, 0.3) is 0 Å². The molecule has 0 saturated carbocycles. The van der Waals surface area contributed by atoms with Crippen molar-refractivity contribution in [2.75, 3.05) is 27.3 Å². The molecule has 4 aromatic rings. The van der Waals surface area contributed by atoms with E-state index in [0.29, 0.717) is 29.5 Å². The van der Waals surface area contributed by atoms with Crippen LogP contribution in [-0.2, 0) is 30.8 Å². The van der Waals surface area contributed by atoms with Crippen LogP contribution in [0.3, 0.4) is 0 Å². The summed E-state index contributed by atoms with van der Waals surface area (Å²) in [4.78, 5) is 24.8. The molecule has 2 aliphatic rings. The van der Waals surface area contributed by atoms with Crippen molar-refractivity contribution in [2.45, 2.75) is 51.7 Å². The number of rotatable bonds is 7. The van der Waals surface area contributed by atoms with Gasteiger partial charge in [-0.05, 0) is 48.1 Å². The molecule has 2 aliphatic heterocycles. The van der Waals surface area contributed by atoms with Crippen molar-refractivity contribution in [1.82, 2.24) is 14.8 Å². The predicted octanol–water partition coefficient (Wildman–Crippen LogP) is 7.09. The third-order valence-electron chi connectivity index (χ3n) is 8.01. The number of hydrogen-bond acceptors (Lipinski definition) is 6. The number of likely N-dealkylation sites (tertiary alicyclic amines) is 1. The molecule has 6 rings (SSSR count). The van der Waals surface area contributed by atoms with Gasteiger partial charge >= 0.3 is 0 Å². The van der Waals surface area contributed by atoms with Crippen molar-refractivity contribution in [2.24, 2.45) is 0 Å². The highest BCUT2D eigenvalue weighted by Crippen LogP contribution is 2.46. The zero-order valence-corrected chi connectivity index (χ0v) is 24.6. The number of ether oxygens (including phenoxy) is 2. The third-order valence-corrected chi connectivity index (χ3v) is 9.53. The Hall–Kier alpha value is -3.13. The molecule has 1 amide bonds. The highest BCUT2D eigenvalue weighted by Gasteiger charge is 2.28. The second-order valence-corrected chi connectivity index (χ2v) is 12.0. The van der Waals surface area contributed by atoms with E-state index in [9.17, 15) is 4.79 Å². The molecular formula is C32H34ClN3O3S. The zero-order chi connectivity index (χ0) is 27.6. The lowest BCUT2D eigenvalue weighted by molar-refractivity contribution is -0.131. The molecule has 2 aromatic carbocycles. The molecular weight excluding hydrogens is 542 g/mol. The molecule has 6 nitrogen and oxygen atoms in total. The van der Waals surface area contributed by atoms with Crippen LogP contribution in [0.2, 0.25) is 5.02 Å². The highest BCUT2D eigenvalue weighted by atomic mass is 35.5. The zero-order valence-electron chi connectivity index (χ0n) is 23.0. The molecule has 0 aliphatic carbocycles. The fourth-order valence-electron chi connectivity index (χ4n) is 5.93. The van der Waals surface area contributed by atoms with E-state index in [-0.39, 0.29) is 5.91 Å². The van der Waals surface area contributed by atoms with Crippen LogP contribution in [0.25, 0.3) is 21.3 Å². The van der Waals surface area contributed by atoms with Crippen molar-refractivity contribution in [3.05, 3.63) is 75.3 Å². The molecule has 0 unspecified atom stereocenters. The Balaban J connectivity index is 1.45. The number of thiophene rings is 1. The first kappa shape index (κ1) is 27.1. The molecule has 1 saturated heterocycles. The van der Waals surface area contributed by atoms with Crippen LogP contribution in [0.1, 0.15) is 47.4 Å². The van der Waals surface area contributed by atoms with Crippen LogP contribution < -0.4 is 9.47 Å². The van der Waals surface area contributed by atoms with Crippen molar-refractivity contribution in [1.29, 1.82) is 0 Å². The number of amides is 1. The number of halogens is 1. The molecule has 4 heterocycles. The summed E-state index contributed by atoms with van der Waals surface area (Å²) in [5.74, 6) is 1.51. The van der Waals surface area contributed by atoms with Crippen LogP contribution in [0, 0.1) is 0 Å². The molecule has 40 heavy (non-hydrogen) atoms. The standard InChI is InChI=1S/C32H34ClN3O3S/c1-38-25-13-12-22(17-26(25)39-2)29-30-23-14-16-35(18-21-9-5-3-6-10-21)20-27(23)40-32(30)34-24(31(29)33)19-36-15-8-4-7-11-28(36)37/h3,5-6,9-10,12-13,17H,4,7-8,11,14-16,18-20H2,1-2H3. The summed E-state index contributed by atoms with van der Waals surface area (Å²) in [6.07, 6.45) is 4.57. The van der Waals surface area contributed by atoms with Crippen molar-refractivity contribution in [3.63, 3.8) is 0 Å². The minimum Gasteiger partial charge on any atom is -0.493 e. The lowest BCUT2D eigenvalue weighted by Gasteiger charge is -2.27. The van der Waals surface area contributed by atoms with Gasteiger partial charge in [0.2, 0.25) is 5.91 Å². The number of fused-ring (bicyclic) bond motifs is 3. The first-order chi connectivity index (χ1) is 19.6. The quantitative estimate of drug-likeness (QED) is 0.235. The van der Waals surface area contributed by atoms with Gasteiger partial charge in [-0.1, -0.05) is 54.4 Å². The number of pyridine rings is 1. The molecule has 0 radical (unpaired) electrons. The van der Waals surface area contributed by atoms with Crippen LogP contribution in [0.15, 0.2) is 48.5 Å². The number of hydrogen-bond donors (Lipinski definition) is 0. The van der Waals surface area contributed by atoms with Gasteiger partial charge in [-0.2, -0.15) is 0 Å². The summed E-state index contributed by atoms with van der Waals surface area (Å²) in [5.41, 5.74) is 5.35.